The molecular formula is C19H25N3O3. The number of anilines is 1. The number of hydrogen-bond donors (Lipinski definition) is 2. The maximum atomic E-state index is 12.0. The Labute approximate surface area is 148 Å². The van der Waals surface area contributed by atoms with E-state index in [1.54, 1.807) is 13.0 Å². The van der Waals surface area contributed by atoms with Crippen LogP contribution in [0.25, 0.3) is 0 Å². The molecule has 2 aromatic rings. The molecule has 6 nitrogen and oxygen atoms in total. The van der Waals surface area contributed by atoms with Gasteiger partial charge in [-0.2, -0.15) is 0 Å². The van der Waals surface area contributed by atoms with Crippen molar-refractivity contribution in [3.63, 3.8) is 0 Å². The predicted molar refractivity (Wildman–Crippen MR) is 96.3 cm³/mol. The summed E-state index contributed by atoms with van der Waals surface area (Å²) < 4.78 is 4.86. The van der Waals surface area contributed by atoms with E-state index in [2.05, 4.69) is 60.8 Å². The van der Waals surface area contributed by atoms with Crippen LogP contribution in [0.1, 0.15) is 43.6 Å². The standard InChI is InChI=1S/C19H25N3O3/c1-13-5-7-15(8-6-13)19(3,4)10-9-17(23)20-12-18(24)21-16-11-14(2)25-22-16/h5-8,11H,9-10,12H2,1-4H3,(H,20,23)(H,21,22,24). The van der Waals surface area contributed by atoms with Gasteiger partial charge in [-0.15, -0.1) is 0 Å². The molecule has 0 saturated heterocycles. The van der Waals surface area contributed by atoms with Crippen LogP contribution in [0.5, 0.6) is 0 Å². The van der Waals surface area contributed by atoms with E-state index in [0.29, 0.717) is 24.4 Å². The molecule has 1 heterocycles. The molecule has 134 valence electrons. The summed E-state index contributed by atoms with van der Waals surface area (Å²) in [6.45, 7) is 7.93. The smallest absolute Gasteiger partial charge is 0.245 e. The van der Waals surface area contributed by atoms with Gasteiger partial charge in [0, 0.05) is 12.5 Å². The van der Waals surface area contributed by atoms with Crippen molar-refractivity contribution in [2.45, 2.75) is 46.0 Å². The number of carbonyl (C=O) groups excluding carboxylic acids is 2. The first-order valence-corrected chi connectivity index (χ1v) is 8.33. The lowest BCUT2D eigenvalue weighted by molar-refractivity contribution is -0.124. The number of carbonyl (C=O) groups is 2. The zero-order valence-corrected chi connectivity index (χ0v) is 15.2. The zero-order chi connectivity index (χ0) is 18.4. The number of benzene rings is 1. The summed E-state index contributed by atoms with van der Waals surface area (Å²) >= 11 is 0. The maximum Gasteiger partial charge on any atom is 0.245 e. The molecule has 1 aromatic carbocycles. The summed E-state index contributed by atoms with van der Waals surface area (Å²) in [5.74, 6) is 0.473. The lowest BCUT2D eigenvalue weighted by Gasteiger charge is -2.25. The number of aromatic nitrogens is 1. The van der Waals surface area contributed by atoms with Gasteiger partial charge in [0.25, 0.3) is 0 Å². The van der Waals surface area contributed by atoms with Crippen molar-refractivity contribution in [2.24, 2.45) is 0 Å². The molecule has 2 N–H and O–H groups in total. The van der Waals surface area contributed by atoms with Crippen molar-refractivity contribution < 1.29 is 14.1 Å². The summed E-state index contributed by atoms with van der Waals surface area (Å²) in [5, 5.41) is 8.87. The Kier molecular flexibility index (Phi) is 5.96. The first-order valence-electron chi connectivity index (χ1n) is 8.33. The van der Waals surface area contributed by atoms with Gasteiger partial charge in [-0.1, -0.05) is 48.8 Å². The Morgan fingerprint density at radius 2 is 1.80 bits per heavy atom. The molecule has 1 aromatic heterocycles. The summed E-state index contributed by atoms with van der Waals surface area (Å²) in [6, 6.07) is 9.96. The zero-order valence-electron chi connectivity index (χ0n) is 15.2. The minimum Gasteiger partial charge on any atom is -0.360 e. The van der Waals surface area contributed by atoms with E-state index in [9.17, 15) is 9.59 Å². The highest BCUT2D eigenvalue weighted by Crippen LogP contribution is 2.28. The van der Waals surface area contributed by atoms with Gasteiger partial charge in [-0.3, -0.25) is 9.59 Å². The van der Waals surface area contributed by atoms with Crippen molar-refractivity contribution in [2.75, 3.05) is 11.9 Å². The highest BCUT2D eigenvalue weighted by molar-refractivity contribution is 5.93. The molecule has 0 fully saturated rings. The van der Waals surface area contributed by atoms with Gasteiger partial charge in [-0.25, -0.2) is 0 Å². The van der Waals surface area contributed by atoms with Crippen LogP contribution in [0.3, 0.4) is 0 Å². The molecule has 6 heteroatoms. The molecule has 0 aliphatic rings. The Bertz CT molecular complexity index is 733. The van der Waals surface area contributed by atoms with Crippen LogP contribution in [-0.4, -0.2) is 23.5 Å². The first-order chi connectivity index (χ1) is 11.8. The summed E-state index contributed by atoms with van der Waals surface area (Å²) in [5.41, 5.74) is 2.31. The average molecular weight is 343 g/mol. The Morgan fingerprint density at radius 1 is 1.12 bits per heavy atom. The fourth-order valence-corrected chi connectivity index (χ4v) is 2.45. The lowest BCUT2D eigenvalue weighted by Crippen LogP contribution is -2.33. The van der Waals surface area contributed by atoms with Gasteiger partial charge < -0.3 is 15.2 Å². The van der Waals surface area contributed by atoms with Crippen LogP contribution in [0.2, 0.25) is 0 Å². The van der Waals surface area contributed by atoms with E-state index >= 15 is 0 Å². The molecule has 0 atom stereocenters. The fraction of sp³-hybridized carbons (Fsp3) is 0.421. The van der Waals surface area contributed by atoms with Crippen LogP contribution < -0.4 is 10.6 Å². The molecule has 0 bridgehead atoms. The van der Waals surface area contributed by atoms with E-state index in [1.807, 2.05) is 0 Å². The first kappa shape index (κ1) is 18.7. The van der Waals surface area contributed by atoms with Crippen molar-refractivity contribution in [1.29, 1.82) is 0 Å². The van der Waals surface area contributed by atoms with Gasteiger partial charge in [0.2, 0.25) is 11.8 Å². The molecule has 0 unspecified atom stereocenters. The molecule has 0 radical (unpaired) electrons. The molecule has 0 aliphatic heterocycles. The monoisotopic (exact) mass is 343 g/mol. The Balaban J connectivity index is 1.76. The van der Waals surface area contributed by atoms with Gasteiger partial charge in [0.05, 0.1) is 6.54 Å². The average Bonchev–Trinajstić information content (AvgIpc) is 2.96. The quantitative estimate of drug-likeness (QED) is 0.809. The largest absolute Gasteiger partial charge is 0.360 e. The molecule has 0 saturated carbocycles. The number of amides is 2. The van der Waals surface area contributed by atoms with E-state index in [0.717, 1.165) is 0 Å². The molecule has 25 heavy (non-hydrogen) atoms. The Hall–Kier alpha value is -2.63. The van der Waals surface area contributed by atoms with Gasteiger partial charge in [0.1, 0.15) is 5.76 Å². The van der Waals surface area contributed by atoms with Crippen LogP contribution in [0.15, 0.2) is 34.9 Å². The van der Waals surface area contributed by atoms with Gasteiger partial charge >= 0.3 is 0 Å². The topological polar surface area (TPSA) is 84.2 Å². The van der Waals surface area contributed by atoms with Crippen LogP contribution in [-0.2, 0) is 15.0 Å². The van der Waals surface area contributed by atoms with Gasteiger partial charge in [-0.05, 0) is 31.2 Å². The van der Waals surface area contributed by atoms with Crippen molar-refractivity contribution >= 4 is 17.6 Å². The highest BCUT2D eigenvalue weighted by Gasteiger charge is 2.21. The normalized spacial score (nSPS) is 11.2. The third-order valence-corrected chi connectivity index (χ3v) is 4.15. The highest BCUT2D eigenvalue weighted by atomic mass is 16.5. The third-order valence-electron chi connectivity index (χ3n) is 4.15. The van der Waals surface area contributed by atoms with Crippen LogP contribution >= 0.6 is 0 Å². The fourth-order valence-electron chi connectivity index (χ4n) is 2.45. The molecule has 0 aliphatic carbocycles. The second-order valence-electron chi connectivity index (χ2n) is 6.90. The van der Waals surface area contributed by atoms with E-state index in [-0.39, 0.29) is 23.8 Å². The second kappa shape index (κ2) is 7.96. The lowest BCUT2D eigenvalue weighted by atomic mass is 9.80. The number of hydrogen-bond acceptors (Lipinski definition) is 4. The van der Waals surface area contributed by atoms with Crippen molar-refractivity contribution in [1.82, 2.24) is 10.5 Å². The SMILES string of the molecule is Cc1ccc(C(C)(C)CCC(=O)NCC(=O)Nc2cc(C)on2)cc1. The number of aryl methyl sites for hydroxylation is 2. The predicted octanol–water partition coefficient (Wildman–Crippen LogP) is 3.10. The van der Waals surface area contributed by atoms with Crippen LogP contribution in [0, 0.1) is 13.8 Å². The molecule has 0 spiro atoms. The minimum absolute atomic E-state index is 0.0876. The van der Waals surface area contributed by atoms with E-state index in [1.165, 1.54) is 11.1 Å². The number of nitrogens with one attached hydrogen (secondary N) is 2. The van der Waals surface area contributed by atoms with E-state index < -0.39 is 0 Å². The summed E-state index contributed by atoms with van der Waals surface area (Å²) in [4.78, 5) is 23.8. The van der Waals surface area contributed by atoms with Crippen molar-refractivity contribution in [3.05, 3.63) is 47.2 Å². The summed E-state index contributed by atoms with van der Waals surface area (Å²) in [7, 11) is 0. The maximum absolute atomic E-state index is 12.0. The Morgan fingerprint density at radius 3 is 2.40 bits per heavy atom. The van der Waals surface area contributed by atoms with E-state index in [4.69, 9.17) is 4.52 Å². The number of rotatable bonds is 7. The second-order valence-corrected chi connectivity index (χ2v) is 6.90. The molecule has 2 amide bonds. The van der Waals surface area contributed by atoms with Gasteiger partial charge in [0.15, 0.2) is 5.82 Å². The summed E-state index contributed by atoms with van der Waals surface area (Å²) in [6.07, 6.45) is 1.06. The number of nitrogens with zero attached hydrogens (tertiary/aromatic N) is 1. The third kappa shape index (κ3) is 5.74. The molecular weight excluding hydrogens is 318 g/mol. The van der Waals surface area contributed by atoms with Crippen LogP contribution in [0.4, 0.5) is 5.82 Å². The molecule has 2 rings (SSSR count). The minimum atomic E-state index is -0.334. The van der Waals surface area contributed by atoms with Crippen molar-refractivity contribution in [3.8, 4) is 0 Å².